The first kappa shape index (κ1) is 22.4. The Kier molecular flexibility index (Phi) is 6.88. The predicted molar refractivity (Wildman–Crippen MR) is 100 cm³/mol. The Bertz CT molecular complexity index is 957. The third-order valence-electron chi connectivity index (χ3n) is 3.73. The summed E-state index contributed by atoms with van der Waals surface area (Å²) in [5.74, 6) is -0.275. The maximum atomic E-state index is 12.9. The van der Waals surface area contributed by atoms with E-state index in [9.17, 15) is 26.4 Å². The molecule has 0 atom stereocenters. The second kappa shape index (κ2) is 8.62. The molecule has 154 valence electrons. The number of aromatic nitrogens is 2. The van der Waals surface area contributed by atoms with Crippen LogP contribution in [0.25, 0.3) is 0 Å². The molecule has 1 aromatic carbocycles. The molecule has 0 saturated heterocycles. The number of hydrogen-bond donors (Lipinski definition) is 2. The predicted octanol–water partition coefficient (Wildman–Crippen LogP) is 3.30. The minimum absolute atomic E-state index is 0.0129. The number of sulfonamides is 1. The first-order valence-corrected chi connectivity index (χ1v) is 10.4. The van der Waals surface area contributed by atoms with Gasteiger partial charge in [-0.25, -0.2) is 13.1 Å². The molecule has 7 nitrogen and oxygen atoms in total. The second-order valence-electron chi connectivity index (χ2n) is 5.93. The van der Waals surface area contributed by atoms with Gasteiger partial charge in [0.25, 0.3) is 0 Å². The normalized spacial score (nSPS) is 12.2. The van der Waals surface area contributed by atoms with Gasteiger partial charge in [0.15, 0.2) is 5.69 Å². The van der Waals surface area contributed by atoms with Gasteiger partial charge in [-0.05, 0) is 53.5 Å². The lowest BCUT2D eigenvalue weighted by molar-refractivity contribution is -0.142. The van der Waals surface area contributed by atoms with Gasteiger partial charge < -0.3 is 5.32 Å². The maximum Gasteiger partial charge on any atom is 0.436 e. The van der Waals surface area contributed by atoms with Crippen LogP contribution in [0.4, 0.5) is 18.9 Å². The van der Waals surface area contributed by atoms with Crippen LogP contribution in [0.15, 0.2) is 33.6 Å². The average molecular weight is 483 g/mol. The molecule has 1 heterocycles. The van der Waals surface area contributed by atoms with E-state index in [1.807, 2.05) is 0 Å². The number of benzene rings is 1. The van der Waals surface area contributed by atoms with Gasteiger partial charge in [0.2, 0.25) is 15.9 Å². The van der Waals surface area contributed by atoms with Crippen LogP contribution < -0.4 is 10.0 Å². The van der Waals surface area contributed by atoms with E-state index in [-0.39, 0.29) is 34.8 Å². The number of halogens is 4. The summed E-state index contributed by atoms with van der Waals surface area (Å²) in [7, 11) is -3.78. The highest BCUT2D eigenvalue weighted by Gasteiger charge is 2.37. The summed E-state index contributed by atoms with van der Waals surface area (Å²) in [5.41, 5.74) is -0.236. The third-order valence-corrected chi connectivity index (χ3v) is 6.15. The number of amides is 1. The zero-order valence-corrected chi connectivity index (χ0v) is 17.4. The fourth-order valence-corrected chi connectivity index (χ4v) is 3.95. The van der Waals surface area contributed by atoms with E-state index in [1.54, 1.807) is 0 Å². The molecule has 0 aliphatic heterocycles. The summed E-state index contributed by atoms with van der Waals surface area (Å²) in [6.45, 7) is 2.97. The Morgan fingerprint density at radius 1 is 1.25 bits per heavy atom. The van der Waals surface area contributed by atoms with Crippen molar-refractivity contribution in [2.75, 3.05) is 11.9 Å². The van der Waals surface area contributed by atoms with E-state index in [2.05, 4.69) is 31.1 Å². The summed E-state index contributed by atoms with van der Waals surface area (Å²) in [6, 6.07) is 5.61. The molecule has 28 heavy (non-hydrogen) atoms. The molecule has 1 amide bonds. The molecule has 0 aliphatic rings. The number of carbonyl (C=O) groups is 1. The highest BCUT2D eigenvalue weighted by molar-refractivity contribution is 9.10. The van der Waals surface area contributed by atoms with Crippen molar-refractivity contribution in [3.05, 3.63) is 40.1 Å². The Labute approximate surface area is 168 Å². The van der Waals surface area contributed by atoms with E-state index < -0.39 is 21.9 Å². The quantitative estimate of drug-likeness (QED) is 0.592. The molecule has 2 rings (SSSR count). The molecule has 0 fully saturated rings. The smallest absolute Gasteiger partial charge is 0.326 e. The number of hydrogen-bond acceptors (Lipinski definition) is 4. The SMILES string of the molecule is CC(=O)Nc1ccc(S(=O)(=O)NCCCn2nc(C(F)(F)F)c(Br)c2C)cc1. The summed E-state index contributed by atoms with van der Waals surface area (Å²) in [5, 5.41) is 6.07. The fourth-order valence-electron chi connectivity index (χ4n) is 2.36. The Morgan fingerprint density at radius 3 is 2.36 bits per heavy atom. The van der Waals surface area contributed by atoms with Crippen molar-refractivity contribution < 1.29 is 26.4 Å². The Balaban J connectivity index is 1.95. The lowest BCUT2D eigenvalue weighted by atomic mass is 10.3. The van der Waals surface area contributed by atoms with Crippen LogP contribution in [0.3, 0.4) is 0 Å². The van der Waals surface area contributed by atoms with Crippen molar-refractivity contribution in [2.45, 2.75) is 37.9 Å². The maximum absolute atomic E-state index is 12.9. The van der Waals surface area contributed by atoms with E-state index in [4.69, 9.17) is 0 Å². The van der Waals surface area contributed by atoms with Crippen molar-refractivity contribution in [2.24, 2.45) is 0 Å². The zero-order chi connectivity index (χ0) is 21.1. The molecule has 0 aliphatic carbocycles. The van der Waals surface area contributed by atoms with Crippen LogP contribution in [-0.4, -0.2) is 30.7 Å². The van der Waals surface area contributed by atoms with E-state index in [0.717, 1.165) is 0 Å². The molecular formula is C16H18BrF3N4O3S. The average Bonchev–Trinajstić information content (AvgIpc) is 2.87. The standard InChI is InChI=1S/C16H18BrF3N4O3S/c1-10-14(17)15(16(18,19)20)23-24(10)9-3-8-21-28(26,27)13-6-4-12(5-7-13)22-11(2)25/h4-7,21H,3,8-9H2,1-2H3,(H,22,25). The van der Waals surface area contributed by atoms with Crippen LogP contribution in [0.5, 0.6) is 0 Å². The summed E-state index contributed by atoms with van der Waals surface area (Å²) < 4.78 is 66.5. The summed E-state index contributed by atoms with van der Waals surface area (Å²) in [4.78, 5) is 11.0. The van der Waals surface area contributed by atoms with Crippen molar-refractivity contribution in [1.29, 1.82) is 0 Å². The molecule has 2 aromatic rings. The van der Waals surface area contributed by atoms with Gasteiger partial charge in [-0.3, -0.25) is 9.48 Å². The third kappa shape index (κ3) is 5.55. The van der Waals surface area contributed by atoms with Gasteiger partial charge in [0, 0.05) is 25.7 Å². The monoisotopic (exact) mass is 482 g/mol. The van der Waals surface area contributed by atoms with Gasteiger partial charge in [0.05, 0.1) is 15.1 Å². The molecule has 2 N–H and O–H groups in total. The van der Waals surface area contributed by atoms with Gasteiger partial charge >= 0.3 is 6.18 Å². The lowest BCUT2D eigenvalue weighted by Crippen LogP contribution is -2.25. The Morgan fingerprint density at radius 2 is 1.86 bits per heavy atom. The van der Waals surface area contributed by atoms with E-state index in [1.165, 1.54) is 42.8 Å². The molecular weight excluding hydrogens is 465 g/mol. The molecule has 0 radical (unpaired) electrons. The van der Waals surface area contributed by atoms with Gasteiger partial charge in [-0.15, -0.1) is 0 Å². The minimum Gasteiger partial charge on any atom is -0.326 e. The van der Waals surface area contributed by atoms with Crippen molar-refractivity contribution >= 4 is 37.5 Å². The number of aryl methyl sites for hydroxylation is 1. The molecule has 0 unspecified atom stereocenters. The first-order chi connectivity index (χ1) is 12.9. The first-order valence-electron chi connectivity index (χ1n) is 8.09. The number of nitrogens with zero attached hydrogens (tertiary/aromatic N) is 2. The fraction of sp³-hybridized carbons (Fsp3) is 0.375. The summed E-state index contributed by atoms with van der Waals surface area (Å²) in [6.07, 6.45) is -4.32. The van der Waals surface area contributed by atoms with E-state index in [0.29, 0.717) is 11.4 Å². The van der Waals surface area contributed by atoms with Crippen LogP contribution in [-0.2, 0) is 27.5 Å². The number of anilines is 1. The van der Waals surface area contributed by atoms with Crippen molar-refractivity contribution in [3.8, 4) is 0 Å². The highest BCUT2D eigenvalue weighted by atomic mass is 79.9. The van der Waals surface area contributed by atoms with Crippen molar-refractivity contribution in [3.63, 3.8) is 0 Å². The number of nitrogens with one attached hydrogen (secondary N) is 2. The number of alkyl halides is 3. The van der Waals surface area contributed by atoms with Gasteiger partial charge in [-0.1, -0.05) is 0 Å². The van der Waals surface area contributed by atoms with E-state index >= 15 is 0 Å². The Hall–Kier alpha value is -1.92. The molecule has 12 heteroatoms. The zero-order valence-electron chi connectivity index (χ0n) is 15.0. The van der Waals surface area contributed by atoms with Gasteiger partial charge in [-0.2, -0.15) is 18.3 Å². The number of rotatable bonds is 7. The van der Waals surface area contributed by atoms with Crippen molar-refractivity contribution in [1.82, 2.24) is 14.5 Å². The van der Waals surface area contributed by atoms with Gasteiger partial charge in [0.1, 0.15) is 0 Å². The van der Waals surface area contributed by atoms with Crippen LogP contribution >= 0.6 is 15.9 Å². The number of carbonyl (C=O) groups excluding carboxylic acids is 1. The summed E-state index contributed by atoms with van der Waals surface area (Å²) >= 11 is 2.89. The van der Waals surface area contributed by atoms with Crippen LogP contribution in [0.1, 0.15) is 24.7 Å². The second-order valence-corrected chi connectivity index (χ2v) is 8.49. The van der Waals surface area contributed by atoms with Crippen LogP contribution in [0.2, 0.25) is 0 Å². The largest absolute Gasteiger partial charge is 0.436 e. The minimum atomic E-state index is -4.57. The lowest BCUT2D eigenvalue weighted by Gasteiger charge is -2.09. The van der Waals surface area contributed by atoms with Crippen LogP contribution in [0, 0.1) is 6.92 Å². The topological polar surface area (TPSA) is 93.1 Å². The molecule has 1 aromatic heterocycles. The molecule has 0 spiro atoms. The highest BCUT2D eigenvalue weighted by Crippen LogP contribution is 2.35. The molecule has 0 saturated carbocycles. The molecule has 0 bridgehead atoms.